The lowest BCUT2D eigenvalue weighted by molar-refractivity contribution is 0.434. The van der Waals surface area contributed by atoms with Crippen molar-refractivity contribution < 1.29 is 0 Å². The van der Waals surface area contributed by atoms with E-state index >= 15 is 0 Å². The molecule has 0 amide bonds. The van der Waals surface area contributed by atoms with Crippen LogP contribution in [0.5, 0.6) is 0 Å². The van der Waals surface area contributed by atoms with Crippen molar-refractivity contribution in [3.63, 3.8) is 0 Å². The van der Waals surface area contributed by atoms with Crippen LogP contribution in [0, 0.1) is 5.92 Å². The minimum atomic E-state index is 0.0814. The highest BCUT2D eigenvalue weighted by atomic mass is 35.5. The molecule has 0 radical (unpaired) electrons. The average Bonchev–Trinajstić information content (AvgIpc) is 2.39. The molecule has 0 saturated carbocycles. The van der Waals surface area contributed by atoms with Crippen molar-refractivity contribution in [3.05, 3.63) is 69.7 Å². The van der Waals surface area contributed by atoms with E-state index in [9.17, 15) is 0 Å². The second kappa shape index (κ2) is 6.62. The monoisotopic (exact) mass is 307 g/mol. The van der Waals surface area contributed by atoms with Crippen molar-refractivity contribution in [2.75, 3.05) is 0 Å². The van der Waals surface area contributed by atoms with Gasteiger partial charge in [-0.2, -0.15) is 0 Å². The highest BCUT2D eigenvalue weighted by Gasteiger charge is 2.24. The summed E-state index contributed by atoms with van der Waals surface area (Å²) in [6, 6.07) is 16.0. The fraction of sp³-hybridized carbons (Fsp3) is 0.294. The molecular formula is C17H19Cl2N. The van der Waals surface area contributed by atoms with Crippen LogP contribution in [0.25, 0.3) is 0 Å². The summed E-state index contributed by atoms with van der Waals surface area (Å²) in [5.41, 5.74) is 8.46. The minimum Gasteiger partial charge on any atom is -0.328 e. The van der Waals surface area contributed by atoms with Gasteiger partial charge in [0, 0.05) is 22.0 Å². The first-order valence-corrected chi connectivity index (χ1v) is 7.51. The van der Waals surface area contributed by atoms with Gasteiger partial charge in [-0.1, -0.05) is 54.4 Å². The van der Waals surface area contributed by atoms with Crippen molar-refractivity contribution in [1.29, 1.82) is 0 Å². The summed E-state index contributed by atoms with van der Waals surface area (Å²) in [5, 5.41) is 1.48. The minimum absolute atomic E-state index is 0.0814. The molecular weight excluding hydrogens is 289 g/mol. The predicted molar refractivity (Wildman–Crippen MR) is 87.6 cm³/mol. The van der Waals surface area contributed by atoms with E-state index in [1.165, 1.54) is 11.1 Å². The van der Waals surface area contributed by atoms with Gasteiger partial charge in [-0.05, 0) is 48.2 Å². The summed E-state index contributed by atoms with van der Waals surface area (Å²) in [6.45, 7) is 4.20. The second-order valence-corrected chi connectivity index (χ2v) is 6.18. The summed E-state index contributed by atoms with van der Waals surface area (Å²) in [5.74, 6) is 0.472. The average molecular weight is 308 g/mol. The molecule has 0 aliphatic heterocycles. The smallest absolute Gasteiger partial charge is 0.0408 e. The number of rotatable bonds is 4. The Kier molecular flexibility index (Phi) is 5.09. The molecule has 2 aromatic rings. The Bertz CT molecular complexity index is 535. The van der Waals surface area contributed by atoms with Crippen molar-refractivity contribution in [1.82, 2.24) is 0 Å². The Morgan fingerprint density at radius 3 is 1.65 bits per heavy atom. The lowest BCUT2D eigenvalue weighted by atomic mass is 9.79. The molecule has 2 unspecified atom stereocenters. The van der Waals surface area contributed by atoms with Crippen LogP contribution >= 0.6 is 23.2 Å². The first-order chi connectivity index (χ1) is 9.49. The van der Waals surface area contributed by atoms with Crippen LogP contribution in [0.1, 0.15) is 30.9 Å². The van der Waals surface area contributed by atoms with E-state index in [2.05, 4.69) is 19.1 Å². The normalized spacial score (nSPS) is 14.3. The van der Waals surface area contributed by atoms with Crippen LogP contribution in [-0.2, 0) is 0 Å². The number of hydrogen-bond acceptors (Lipinski definition) is 1. The molecule has 2 N–H and O–H groups in total. The highest BCUT2D eigenvalue weighted by Crippen LogP contribution is 2.35. The Morgan fingerprint density at radius 1 is 0.850 bits per heavy atom. The molecule has 0 fully saturated rings. The molecule has 3 heteroatoms. The van der Waals surface area contributed by atoms with E-state index in [4.69, 9.17) is 28.9 Å². The van der Waals surface area contributed by atoms with Gasteiger partial charge in [-0.15, -0.1) is 0 Å². The molecule has 2 aromatic carbocycles. The first kappa shape index (κ1) is 15.4. The molecule has 0 aliphatic carbocycles. The number of benzene rings is 2. The molecule has 0 aliphatic rings. The Morgan fingerprint density at radius 2 is 1.30 bits per heavy atom. The number of hydrogen-bond donors (Lipinski definition) is 1. The van der Waals surface area contributed by atoms with Gasteiger partial charge in [0.1, 0.15) is 0 Å². The van der Waals surface area contributed by atoms with Crippen molar-refractivity contribution in [2.24, 2.45) is 11.7 Å². The van der Waals surface area contributed by atoms with Crippen molar-refractivity contribution in [2.45, 2.75) is 25.8 Å². The Hall–Kier alpha value is -1.02. The summed E-state index contributed by atoms with van der Waals surface area (Å²) >= 11 is 12.3. The van der Waals surface area contributed by atoms with Gasteiger partial charge in [0.15, 0.2) is 0 Å². The van der Waals surface area contributed by atoms with E-state index in [1.54, 1.807) is 0 Å². The van der Waals surface area contributed by atoms with Gasteiger partial charge < -0.3 is 5.73 Å². The lowest BCUT2D eigenvalue weighted by Gasteiger charge is -2.28. The van der Waals surface area contributed by atoms with Crippen molar-refractivity contribution >= 4 is 23.2 Å². The molecule has 0 heterocycles. The SMILES string of the molecule is CC(N)C(C)C(c1cccc(Cl)c1)c1cccc(Cl)c1. The molecule has 2 atom stereocenters. The second-order valence-electron chi connectivity index (χ2n) is 5.31. The summed E-state index contributed by atoms with van der Waals surface area (Å²) in [7, 11) is 0. The van der Waals surface area contributed by atoms with Crippen LogP contribution in [0.3, 0.4) is 0 Å². The number of nitrogens with two attached hydrogens (primary N) is 1. The van der Waals surface area contributed by atoms with Crippen molar-refractivity contribution in [3.8, 4) is 0 Å². The van der Waals surface area contributed by atoms with Crippen LogP contribution in [-0.4, -0.2) is 6.04 Å². The fourth-order valence-electron chi connectivity index (χ4n) is 2.50. The van der Waals surface area contributed by atoms with Crippen LogP contribution in [0.4, 0.5) is 0 Å². The zero-order valence-electron chi connectivity index (χ0n) is 11.7. The van der Waals surface area contributed by atoms with Gasteiger partial charge in [0.2, 0.25) is 0 Å². The van der Waals surface area contributed by atoms with Crippen LogP contribution < -0.4 is 5.73 Å². The molecule has 106 valence electrons. The van der Waals surface area contributed by atoms with E-state index in [0.29, 0.717) is 0 Å². The largest absolute Gasteiger partial charge is 0.328 e. The maximum absolute atomic E-state index is 6.13. The third kappa shape index (κ3) is 3.54. The molecule has 0 saturated heterocycles. The van der Waals surface area contributed by atoms with Gasteiger partial charge in [0.25, 0.3) is 0 Å². The van der Waals surface area contributed by atoms with E-state index in [-0.39, 0.29) is 17.9 Å². The van der Waals surface area contributed by atoms with Crippen LogP contribution in [0.2, 0.25) is 10.0 Å². The lowest BCUT2D eigenvalue weighted by Crippen LogP contribution is -2.29. The maximum Gasteiger partial charge on any atom is 0.0408 e. The molecule has 0 aromatic heterocycles. The molecule has 1 nitrogen and oxygen atoms in total. The van der Waals surface area contributed by atoms with E-state index < -0.39 is 0 Å². The highest BCUT2D eigenvalue weighted by molar-refractivity contribution is 6.31. The summed E-state index contributed by atoms with van der Waals surface area (Å²) in [4.78, 5) is 0. The van der Waals surface area contributed by atoms with E-state index in [1.807, 2.05) is 43.3 Å². The van der Waals surface area contributed by atoms with E-state index in [0.717, 1.165) is 10.0 Å². The standard InChI is InChI=1S/C17H19Cl2N/c1-11(12(2)20)17(13-5-3-7-15(18)9-13)14-6-4-8-16(19)10-14/h3-12,17H,20H2,1-2H3. The first-order valence-electron chi connectivity index (χ1n) is 6.75. The third-order valence-corrected chi connectivity index (χ3v) is 4.24. The Balaban J connectivity index is 2.50. The molecule has 20 heavy (non-hydrogen) atoms. The van der Waals surface area contributed by atoms with Gasteiger partial charge in [-0.3, -0.25) is 0 Å². The fourth-order valence-corrected chi connectivity index (χ4v) is 2.90. The third-order valence-electron chi connectivity index (χ3n) is 3.77. The Labute approximate surface area is 130 Å². The summed E-state index contributed by atoms with van der Waals surface area (Å²) < 4.78 is 0. The molecule has 0 spiro atoms. The predicted octanol–water partition coefficient (Wildman–Crippen LogP) is 5.11. The quantitative estimate of drug-likeness (QED) is 0.834. The molecule has 0 bridgehead atoms. The van der Waals surface area contributed by atoms with Crippen LogP contribution in [0.15, 0.2) is 48.5 Å². The zero-order valence-corrected chi connectivity index (χ0v) is 13.2. The van der Waals surface area contributed by atoms with Gasteiger partial charge in [0.05, 0.1) is 0 Å². The maximum atomic E-state index is 6.13. The zero-order chi connectivity index (χ0) is 14.7. The van der Waals surface area contributed by atoms with Gasteiger partial charge >= 0.3 is 0 Å². The summed E-state index contributed by atoms with van der Waals surface area (Å²) in [6.07, 6.45) is 0. The topological polar surface area (TPSA) is 26.0 Å². The molecule has 2 rings (SSSR count). The van der Waals surface area contributed by atoms with Gasteiger partial charge in [-0.25, -0.2) is 0 Å². The number of halogens is 2.